The number of halogens is 1. The fourth-order valence-electron chi connectivity index (χ4n) is 2.11. The Morgan fingerprint density at radius 1 is 1.19 bits per heavy atom. The minimum absolute atomic E-state index is 0.0210. The molecule has 0 atom stereocenters. The fourth-order valence-corrected chi connectivity index (χ4v) is 3.04. The Kier molecular flexibility index (Phi) is 6.12. The predicted octanol–water partition coefficient (Wildman–Crippen LogP) is 2.74. The molecule has 1 N–H and O–H groups in total. The van der Waals surface area contributed by atoms with Gasteiger partial charge in [-0.3, -0.25) is 4.79 Å². The first-order chi connectivity index (χ1) is 12.2. The molecule has 2 aromatic rings. The van der Waals surface area contributed by atoms with Gasteiger partial charge in [-0.15, -0.1) is 0 Å². The predicted molar refractivity (Wildman–Crippen MR) is 97.9 cm³/mol. The Labute approximate surface area is 151 Å². The second-order valence-corrected chi connectivity index (χ2v) is 7.68. The summed E-state index contributed by atoms with van der Waals surface area (Å²) in [6.07, 6.45) is 2.67. The van der Waals surface area contributed by atoms with Gasteiger partial charge >= 0.3 is 0 Å². The number of amides is 1. The van der Waals surface area contributed by atoms with Crippen molar-refractivity contribution in [1.82, 2.24) is 4.31 Å². The largest absolute Gasteiger partial charge is 0.495 e. The van der Waals surface area contributed by atoms with E-state index in [2.05, 4.69) is 5.32 Å². The van der Waals surface area contributed by atoms with Crippen LogP contribution in [0.2, 0.25) is 0 Å². The van der Waals surface area contributed by atoms with Crippen LogP contribution in [0.5, 0.6) is 5.75 Å². The molecule has 0 aliphatic heterocycles. The van der Waals surface area contributed by atoms with Crippen LogP contribution in [0, 0.1) is 5.82 Å². The highest BCUT2D eigenvalue weighted by molar-refractivity contribution is 7.89. The molecule has 0 aliphatic carbocycles. The number of hydrogen-bond acceptors (Lipinski definition) is 4. The number of nitrogens with one attached hydrogen (secondary N) is 1. The molecule has 2 aromatic carbocycles. The summed E-state index contributed by atoms with van der Waals surface area (Å²) in [5, 5.41) is 2.57. The lowest BCUT2D eigenvalue weighted by Gasteiger charge is -2.14. The average molecular weight is 378 g/mol. The number of carbonyl (C=O) groups excluding carboxylic acids is 1. The normalized spacial score (nSPS) is 11.7. The van der Waals surface area contributed by atoms with Gasteiger partial charge in [0.15, 0.2) is 0 Å². The molecule has 138 valence electrons. The molecule has 0 bridgehead atoms. The van der Waals surface area contributed by atoms with Crippen LogP contribution >= 0.6 is 0 Å². The number of carbonyl (C=O) groups is 1. The summed E-state index contributed by atoms with van der Waals surface area (Å²) in [7, 11) is 0.589. The van der Waals surface area contributed by atoms with Crippen LogP contribution in [0.4, 0.5) is 10.1 Å². The maximum Gasteiger partial charge on any atom is 0.248 e. The SMILES string of the molecule is COc1ccc(S(=O)(=O)N(C)C)cc1NC(=O)C=Cc1cccc(F)c1. The molecule has 2 rings (SSSR count). The molecule has 1 amide bonds. The zero-order valence-corrected chi connectivity index (χ0v) is 15.4. The van der Waals surface area contributed by atoms with Gasteiger partial charge < -0.3 is 10.1 Å². The monoisotopic (exact) mass is 378 g/mol. The molecule has 26 heavy (non-hydrogen) atoms. The quantitative estimate of drug-likeness (QED) is 0.785. The van der Waals surface area contributed by atoms with Crippen molar-refractivity contribution in [3.8, 4) is 5.75 Å². The lowest BCUT2D eigenvalue weighted by Crippen LogP contribution is -2.22. The van der Waals surface area contributed by atoms with E-state index in [0.717, 1.165) is 4.31 Å². The van der Waals surface area contributed by atoms with Gasteiger partial charge in [0.05, 0.1) is 17.7 Å². The highest BCUT2D eigenvalue weighted by atomic mass is 32.2. The van der Waals surface area contributed by atoms with Crippen molar-refractivity contribution < 1.29 is 22.3 Å². The Morgan fingerprint density at radius 2 is 1.92 bits per heavy atom. The van der Waals surface area contributed by atoms with Crippen LogP contribution in [0.3, 0.4) is 0 Å². The zero-order valence-electron chi connectivity index (χ0n) is 14.6. The van der Waals surface area contributed by atoms with Crippen LogP contribution in [0.15, 0.2) is 53.4 Å². The summed E-state index contributed by atoms with van der Waals surface area (Å²) in [4.78, 5) is 12.1. The first-order valence-electron chi connectivity index (χ1n) is 7.59. The van der Waals surface area contributed by atoms with E-state index >= 15 is 0 Å². The van der Waals surface area contributed by atoms with E-state index in [1.165, 1.54) is 69.8 Å². The van der Waals surface area contributed by atoms with Gasteiger partial charge in [-0.1, -0.05) is 12.1 Å². The van der Waals surface area contributed by atoms with E-state index in [1.807, 2.05) is 0 Å². The highest BCUT2D eigenvalue weighted by Gasteiger charge is 2.19. The van der Waals surface area contributed by atoms with Crippen molar-refractivity contribution in [1.29, 1.82) is 0 Å². The van der Waals surface area contributed by atoms with Crippen LogP contribution in [0.1, 0.15) is 5.56 Å². The number of nitrogens with zero attached hydrogens (tertiary/aromatic N) is 1. The summed E-state index contributed by atoms with van der Waals surface area (Å²) in [6.45, 7) is 0. The topological polar surface area (TPSA) is 75.7 Å². The van der Waals surface area contributed by atoms with E-state index < -0.39 is 21.7 Å². The van der Waals surface area contributed by atoms with Crippen molar-refractivity contribution in [3.63, 3.8) is 0 Å². The number of methoxy groups -OCH3 is 1. The number of anilines is 1. The second kappa shape index (κ2) is 8.11. The molecule has 0 saturated heterocycles. The lowest BCUT2D eigenvalue weighted by molar-refractivity contribution is -0.111. The van der Waals surface area contributed by atoms with Crippen molar-refractivity contribution in [2.45, 2.75) is 4.90 Å². The molecule has 6 nitrogen and oxygen atoms in total. The van der Waals surface area contributed by atoms with E-state index in [9.17, 15) is 17.6 Å². The molecular weight excluding hydrogens is 359 g/mol. The third kappa shape index (κ3) is 4.68. The van der Waals surface area contributed by atoms with Crippen molar-refractivity contribution in [2.24, 2.45) is 0 Å². The number of rotatable bonds is 6. The summed E-state index contributed by atoms with van der Waals surface area (Å²) in [5.74, 6) is -0.599. The minimum atomic E-state index is -3.65. The van der Waals surface area contributed by atoms with Gasteiger partial charge in [-0.2, -0.15) is 0 Å². The smallest absolute Gasteiger partial charge is 0.248 e. The number of hydrogen-bond donors (Lipinski definition) is 1. The van der Waals surface area contributed by atoms with E-state index in [-0.39, 0.29) is 10.6 Å². The number of benzene rings is 2. The number of ether oxygens (including phenoxy) is 1. The van der Waals surface area contributed by atoms with Crippen LogP contribution in [0.25, 0.3) is 6.08 Å². The van der Waals surface area contributed by atoms with Gasteiger partial charge in [-0.25, -0.2) is 17.1 Å². The van der Waals surface area contributed by atoms with Crippen LogP contribution in [-0.4, -0.2) is 39.8 Å². The molecule has 0 aliphatic rings. The Hall–Kier alpha value is -2.71. The molecule has 8 heteroatoms. The summed E-state index contributed by atoms with van der Waals surface area (Å²) >= 11 is 0. The molecular formula is C18H19FN2O4S. The molecule has 0 unspecified atom stereocenters. The zero-order chi connectivity index (χ0) is 19.3. The third-order valence-electron chi connectivity index (χ3n) is 3.48. The Morgan fingerprint density at radius 3 is 2.54 bits per heavy atom. The number of sulfonamides is 1. The van der Waals surface area contributed by atoms with Gasteiger partial charge in [0.25, 0.3) is 0 Å². The lowest BCUT2D eigenvalue weighted by atomic mass is 10.2. The highest BCUT2D eigenvalue weighted by Crippen LogP contribution is 2.28. The van der Waals surface area contributed by atoms with Crippen LogP contribution < -0.4 is 10.1 Å². The summed E-state index contributed by atoms with van der Waals surface area (Å²) in [5.41, 5.74) is 0.736. The maximum atomic E-state index is 13.1. The molecule has 0 spiro atoms. The molecule has 0 heterocycles. The average Bonchev–Trinajstić information content (AvgIpc) is 2.60. The molecule has 0 saturated carbocycles. The van der Waals surface area contributed by atoms with Crippen LogP contribution in [-0.2, 0) is 14.8 Å². The first-order valence-corrected chi connectivity index (χ1v) is 9.03. The van der Waals surface area contributed by atoms with Crippen molar-refractivity contribution in [3.05, 3.63) is 59.9 Å². The van der Waals surface area contributed by atoms with Gasteiger partial charge in [0, 0.05) is 20.2 Å². The second-order valence-electron chi connectivity index (χ2n) is 5.53. The van der Waals surface area contributed by atoms with Gasteiger partial charge in [0.2, 0.25) is 15.9 Å². The molecule has 0 fully saturated rings. The summed E-state index contributed by atoms with van der Waals surface area (Å²) < 4.78 is 43.8. The Balaban J connectivity index is 2.26. The molecule has 0 aromatic heterocycles. The Bertz CT molecular complexity index is 940. The third-order valence-corrected chi connectivity index (χ3v) is 5.29. The first kappa shape index (κ1) is 19.6. The fraction of sp³-hybridized carbons (Fsp3) is 0.167. The van der Waals surface area contributed by atoms with E-state index in [0.29, 0.717) is 11.3 Å². The minimum Gasteiger partial charge on any atom is -0.495 e. The standard InChI is InChI=1S/C18H19FN2O4S/c1-21(2)26(23,24)15-8-9-17(25-3)16(12-15)20-18(22)10-7-13-5-4-6-14(19)11-13/h4-12H,1-3H3,(H,20,22). The summed E-state index contributed by atoms with van der Waals surface area (Å²) in [6, 6.07) is 9.95. The maximum absolute atomic E-state index is 13.1. The van der Waals surface area contributed by atoms with E-state index in [4.69, 9.17) is 4.74 Å². The van der Waals surface area contributed by atoms with Crippen molar-refractivity contribution in [2.75, 3.05) is 26.5 Å². The van der Waals surface area contributed by atoms with E-state index in [1.54, 1.807) is 6.07 Å². The van der Waals surface area contributed by atoms with Gasteiger partial charge in [-0.05, 0) is 42.0 Å². The molecule has 0 radical (unpaired) electrons. The van der Waals surface area contributed by atoms with Crippen molar-refractivity contribution >= 4 is 27.7 Å². The van der Waals surface area contributed by atoms with Gasteiger partial charge in [0.1, 0.15) is 11.6 Å².